The van der Waals surface area contributed by atoms with Crippen LogP contribution in [-0.2, 0) is 9.84 Å². The summed E-state index contributed by atoms with van der Waals surface area (Å²) in [6.45, 7) is 0.653. The number of hydrogen-bond acceptors (Lipinski definition) is 4. The van der Waals surface area contributed by atoms with Gasteiger partial charge in [0.25, 0.3) is 0 Å². The Bertz CT molecular complexity index is 516. The van der Waals surface area contributed by atoms with E-state index >= 15 is 0 Å². The molecule has 0 radical (unpaired) electrons. The molecule has 1 aromatic carbocycles. The standard InChI is InChI=1S/C11H15BrN2O2S/c12-9-1-2-10(13)11(5-9)14-6-8-3-4-17(15,16)7-8/h1-2,5,8,14H,3-4,6-7,13H2. The first kappa shape index (κ1) is 12.7. The summed E-state index contributed by atoms with van der Waals surface area (Å²) < 4.78 is 23.6. The zero-order chi connectivity index (χ0) is 12.5. The Hall–Kier alpha value is -0.750. The van der Waals surface area contributed by atoms with Gasteiger partial charge < -0.3 is 11.1 Å². The summed E-state index contributed by atoms with van der Waals surface area (Å²) in [6, 6.07) is 5.59. The monoisotopic (exact) mass is 318 g/mol. The number of anilines is 2. The zero-order valence-corrected chi connectivity index (χ0v) is 11.7. The third-order valence-corrected chi connectivity index (χ3v) is 5.25. The van der Waals surface area contributed by atoms with Crippen molar-refractivity contribution in [3.05, 3.63) is 22.7 Å². The van der Waals surface area contributed by atoms with E-state index in [0.29, 0.717) is 18.0 Å². The largest absolute Gasteiger partial charge is 0.397 e. The van der Waals surface area contributed by atoms with Crippen molar-refractivity contribution in [3.8, 4) is 0 Å². The highest BCUT2D eigenvalue weighted by Gasteiger charge is 2.27. The van der Waals surface area contributed by atoms with E-state index in [4.69, 9.17) is 5.73 Å². The lowest BCUT2D eigenvalue weighted by Gasteiger charge is -2.13. The highest BCUT2D eigenvalue weighted by atomic mass is 79.9. The van der Waals surface area contributed by atoms with Gasteiger partial charge >= 0.3 is 0 Å². The Kier molecular flexibility index (Phi) is 3.63. The van der Waals surface area contributed by atoms with Crippen LogP contribution in [0.5, 0.6) is 0 Å². The van der Waals surface area contributed by atoms with Crippen molar-refractivity contribution in [3.63, 3.8) is 0 Å². The lowest BCUT2D eigenvalue weighted by atomic mass is 10.1. The van der Waals surface area contributed by atoms with Crippen LogP contribution < -0.4 is 11.1 Å². The van der Waals surface area contributed by atoms with Crippen LogP contribution in [0.25, 0.3) is 0 Å². The van der Waals surface area contributed by atoms with Crippen molar-refractivity contribution in [2.24, 2.45) is 5.92 Å². The Balaban J connectivity index is 1.97. The van der Waals surface area contributed by atoms with Gasteiger partial charge in [-0.05, 0) is 30.5 Å². The molecular weight excluding hydrogens is 304 g/mol. The topological polar surface area (TPSA) is 72.2 Å². The quantitative estimate of drug-likeness (QED) is 0.835. The van der Waals surface area contributed by atoms with E-state index in [0.717, 1.165) is 16.6 Å². The molecule has 2 rings (SSSR count). The maximum absolute atomic E-state index is 11.3. The van der Waals surface area contributed by atoms with E-state index in [-0.39, 0.29) is 11.7 Å². The molecule has 0 bridgehead atoms. The number of nitrogens with two attached hydrogens (primary N) is 1. The molecule has 3 N–H and O–H groups in total. The van der Waals surface area contributed by atoms with Crippen molar-refractivity contribution in [1.29, 1.82) is 0 Å². The van der Waals surface area contributed by atoms with Gasteiger partial charge in [0.2, 0.25) is 0 Å². The van der Waals surface area contributed by atoms with Gasteiger partial charge in [0.05, 0.1) is 22.9 Å². The molecule has 4 nitrogen and oxygen atoms in total. The number of hydrogen-bond donors (Lipinski definition) is 2. The fourth-order valence-corrected chi connectivity index (χ4v) is 4.19. The van der Waals surface area contributed by atoms with Crippen LogP contribution in [0.4, 0.5) is 11.4 Å². The van der Waals surface area contributed by atoms with Gasteiger partial charge in [-0.25, -0.2) is 8.42 Å². The van der Waals surface area contributed by atoms with Crippen molar-refractivity contribution in [2.45, 2.75) is 6.42 Å². The molecule has 1 saturated heterocycles. The number of nitrogens with one attached hydrogen (secondary N) is 1. The summed E-state index contributed by atoms with van der Waals surface area (Å²) in [6.07, 6.45) is 0.739. The molecule has 1 aliphatic heterocycles. The van der Waals surface area contributed by atoms with Crippen molar-refractivity contribution in [2.75, 3.05) is 29.1 Å². The van der Waals surface area contributed by atoms with Gasteiger partial charge in [0.15, 0.2) is 9.84 Å². The Labute approximate surface area is 110 Å². The second kappa shape index (κ2) is 4.86. The normalized spacial score (nSPS) is 22.5. The second-order valence-corrected chi connectivity index (χ2v) is 7.53. The maximum atomic E-state index is 11.3. The Morgan fingerprint density at radius 3 is 2.88 bits per heavy atom. The van der Waals surface area contributed by atoms with E-state index in [1.54, 1.807) is 0 Å². The summed E-state index contributed by atoms with van der Waals surface area (Å²) in [5.41, 5.74) is 7.35. The van der Waals surface area contributed by atoms with Gasteiger partial charge in [-0.1, -0.05) is 15.9 Å². The number of halogens is 1. The highest BCUT2D eigenvalue weighted by molar-refractivity contribution is 9.10. The van der Waals surface area contributed by atoms with Gasteiger partial charge in [0.1, 0.15) is 0 Å². The number of sulfone groups is 1. The second-order valence-electron chi connectivity index (χ2n) is 4.38. The first-order valence-electron chi connectivity index (χ1n) is 5.45. The number of nitrogen functional groups attached to an aromatic ring is 1. The maximum Gasteiger partial charge on any atom is 0.150 e. The smallest absolute Gasteiger partial charge is 0.150 e. The van der Waals surface area contributed by atoms with Crippen molar-refractivity contribution < 1.29 is 8.42 Å². The summed E-state index contributed by atoms with van der Waals surface area (Å²) in [4.78, 5) is 0. The summed E-state index contributed by atoms with van der Waals surface area (Å²) >= 11 is 3.38. The molecular formula is C11H15BrN2O2S. The molecule has 1 heterocycles. The molecule has 1 aromatic rings. The molecule has 0 aromatic heterocycles. The minimum absolute atomic E-state index is 0.193. The average molecular weight is 319 g/mol. The molecule has 17 heavy (non-hydrogen) atoms. The van der Waals surface area contributed by atoms with Gasteiger partial charge in [-0.15, -0.1) is 0 Å². The lowest BCUT2D eigenvalue weighted by molar-refractivity contribution is 0.596. The van der Waals surface area contributed by atoms with Crippen LogP contribution in [0.15, 0.2) is 22.7 Å². The molecule has 1 unspecified atom stereocenters. The fourth-order valence-electron chi connectivity index (χ4n) is 1.97. The average Bonchev–Trinajstić information content (AvgIpc) is 2.60. The first-order valence-corrected chi connectivity index (χ1v) is 8.07. The third kappa shape index (κ3) is 3.35. The summed E-state index contributed by atoms with van der Waals surface area (Å²) in [5.74, 6) is 0.791. The SMILES string of the molecule is Nc1ccc(Br)cc1NCC1CCS(=O)(=O)C1. The van der Waals surface area contributed by atoms with Gasteiger partial charge in [-0.2, -0.15) is 0 Å². The minimum atomic E-state index is -2.80. The van der Waals surface area contributed by atoms with E-state index in [1.165, 1.54) is 0 Å². The zero-order valence-electron chi connectivity index (χ0n) is 9.32. The molecule has 0 spiro atoms. The highest BCUT2D eigenvalue weighted by Crippen LogP contribution is 2.25. The minimum Gasteiger partial charge on any atom is -0.397 e. The van der Waals surface area contributed by atoms with Crippen LogP contribution in [0, 0.1) is 5.92 Å². The van der Waals surface area contributed by atoms with E-state index < -0.39 is 9.84 Å². The van der Waals surface area contributed by atoms with Crippen LogP contribution in [0.2, 0.25) is 0 Å². The van der Waals surface area contributed by atoms with Crippen molar-refractivity contribution in [1.82, 2.24) is 0 Å². The summed E-state index contributed by atoms with van der Waals surface area (Å²) in [5, 5.41) is 3.21. The van der Waals surface area contributed by atoms with Gasteiger partial charge in [-0.3, -0.25) is 0 Å². The number of rotatable bonds is 3. The molecule has 1 aliphatic rings. The van der Waals surface area contributed by atoms with Crippen molar-refractivity contribution >= 4 is 37.1 Å². The number of benzene rings is 1. The van der Waals surface area contributed by atoms with Gasteiger partial charge in [0, 0.05) is 11.0 Å². The predicted octanol–water partition coefficient (Wildman–Crippen LogP) is 1.88. The molecule has 6 heteroatoms. The van der Waals surface area contributed by atoms with Crippen LogP contribution in [0.1, 0.15) is 6.42 Å². The van der Waals surface area contributed by atoms with Crippen LogP contribution in [0.3, 0.4) is 0 Å². The molecule has 0 aliphatic carbocycles. The Morgan fingerprint density at radius 1 is 1.47 bits per heavy atom. The first-order chi connectivity index (χ1) is 7.96. The molecule has 0 amide bonds. The predicted molar refractivity (Wildman–Crippen MR) is 73.8 cm³/mol. The van der Waals surface area contributed by atoms with E-state index in [9.17, 15) is 8.42 Å². The lowest BCUT2D eigenvalue weighted by Crippen LogP contribution is -2.16. The Morgan fingerprint density at radius 2 is 2.24 bits per heavy atom. The molecule has 1 fully saturated rings. The van der Waals surface area contributed by atoms with Crippen LogP contribution >= 0.6 is 15.9 Å². The molecule has 1 atom stereocenters. The fraction of sp³-hybridized carbons (Fsp3) is 0.455. The molecule has 94 valence electrons. The van der Waals surface area contributed by atoms with Crippen LogP contribution in [-0.4, -0.2) is 26.5 Å². The van der Waals surface area contributed by atoms with E-state index in [1.807, 2.05) is 18.2 Å². The third-order valence-electron chi connectivity index (χ3n) is 2.92. The summed E-state index contributed by atoms with van der Waals surface area (Å²) in [7, 11) is -2.80. The van der Waals surface area contributed by atoms with E-state index in [2.05, 4.69) is 21.2 Å². The molecule has 0 saturated carbocycles.